The van der Waals surface area contributed by atoms with Crippen molar-refractivity contribution in [3.8, 4) is 0 Å². The van der Waals surface area contributed by atoms with Crippen LogP contribution in [-0.2, 0) is 17.1 Å². The zero-order valence-electron chi connectivity index (χ0n) is 8.42. The smallest absolute Gasteiger partial charge is 0.264 e. The molecule has 0 bridgehead atoms. The minimum atomic E-state index is -3.44. The first-order valence-electron chi connectivity index (χ1n) is 4.68. The van der Waals surface area contributed by atoms with E-state index in [-0.39, 0.29) is 5.03 Å². The van der Waals surface area contributed by atoms with Gasteiger partial charge < -0.3 is 5.32 Å². The van der Waals surface area contributed by atoms with Gasteiger partial charge in [-0.25, -0.2) is 8.42 Å². The van der Waals surface area contributed by atoms with Crippen molar-refractivity contribution in [3.63, 3.8) is 0 Å². The largest absolute Gasteiger partial charge is 0.314 e. The predicted octanol–water partition coefficient (Wildman–Crippen LogP) is -1.59. The van der Waals surface area contributed by atoms with Gasteiger partial charge in [-0.3, -0.25) is 0 Å². The zero-order chi connectivity index (χ0) is 10.9. The molecular formula is C7H13N5O2S. The molecule has 0 unspecified atom stereocenters. The van der Waals surface area contributed by atoms with E-state index in [1.54, 1.807) is 7.05 Å². The van der Waals surface area contributed by atoms with E-state index >= 15 is 0 Å². The van der Waals surface area contributed by atoms with Crippen molar-refractivity contribution >= 4 is 10.0 Å². The molecule has 15 heavy (non-hydrogen) atoms. The lowest BCUT2D eigenvalue weighted by molar-refractivity contribution is 0.358. The molecule has 1 aromatic rings. The van der Waals surface area contributed by atoms with Gasteiger partial charge in [0.15, 0.2) is 0 Å². The van der Waals surface area contributed by atoms with Gasteiger partial charge in [0.05, 0.1) is 6.20 Å². The maximum atomic E-state index is 12.0. The number of aromatic nitrogens is 3. The van der Waals surface area contributed by atoms with Gasteiger partial charge in [0.2, 0.25) is 5.03 Å². The number of nitrogens with one attached hydrogen (secondary N) is 1. The Morgan fingerprint density at radius 2 is 2.07 bits per heavy atom. The molecule has 1 N–H and O–H groups in total. The van der Waals surface area contributed by atoms with E-state index in [0.29, 0.717) is 26.2 Å². The summed E-state index contributed by atoms with van der Waals surface area (Å²) < 4.78 is 25.4. The van der Waals surface area contributed by atoms with Gasteiger partial charge >= 0.3 is 0 Å². The van der Waals surface area contributed by atoms with Crippen LogP contribution in [0.15, 0.2) is 11.2 Å². The highest BCUT2D eigenvalue weighted by molar-refractivity contribution is 7.89. The van der Waals surface area contributed by atoms with E-state index in [2.05, 4.69) is 15.5 Å². The van der Waals surface area contributed by atoms with Crippen LogP contribution in [-0.4, -0.2) is 53.9 Å². The van der Waals surface area contributed by atoms with E-state index in [1.807, 2.05) is 0 Å². The number of nitrogens with zero attached hydrogens (tertiary/aromatic N) is 4. The van der Waals surface area contributed by atoms with Crippen LogP contribution in [0.1, 0.15) is 0 Å². The summed E-state index contributed by atoms with van der Waals surface area (Å²) in [6.45, 7) is 2.33. The van der Waals surface area contributed by atoms with Crippen LogP contribution in [0.2, 0.25) is 0 Å². The minimum absolute atomic E-state index is 0.0203. The second kappa shape index (κ2) is 3.87. The molecule has 1 aliphatic rings. The first kappa shape index (κ1) is 10.5. The van der Waals surface area contributed by atoms with Crippen LogP contribution < -0.4 is 5.32 Å². The fourth-order valence-corrected chi connectivity index (χ4v) is 2.79. The number of hydrogen-bond donors (Lipinski definition) is 1. The average Bonchev–Trinajstić information content (AvgIpc) is 2.67. The molecule has 0 amide bonds. The zero-order valence-corrected chi connectivity index (χ0v) is 9.24. The molecule has 2 heterocycles. The lowest BCUT2D eigenvalue weighted by Gasteiger charge is -2.25. The molecule has 0 saturated carbocycles. The fraction of sp³-hybridized carbons (Fsp3) is 0.714. The van der Waals surface area contributed by atoms with Gasteiger partial charge in [0.25, 0.3) is 10.0 Å². The molecular weight excluding hydrogens is 218 g/mol. The Kier molecular flexibility index (Phi) is 2.72. The molecule has 1 aromatic heterocycles. The SMILES string of the molecule is Cn1ncc(S(=O)(=O)N2CCNCC2)n1. The number of aryl methyl sites for hydroxylation is 1. The maximum Gasteiger partial charge on any atom is 0.264 e. The summed E-state index contributed by atoms with van der Waals surface area (Å²) in [4.78, 5) is 1.25. The number of sulfonamides is 1. The third kappa shape index (κ3) is 2.01. The van der Waals surface area contributed by atoms with Crippen molar-refractivity contribution in [2.75, 3.05) is 26.2 Å². The first-order valence-corrected chi connectivity index (χ1v) is 6.12. The van der Waals surface area contributed by atoms with Crippen molar-refractivity contribution in [3.05, 3.63) is 6.20 Å². The lowest BCUT2D eigenvalue weighted by Crippen LogP contribution is -2.46. The summed E-state index contributed by atoms with van der Waals surface area (Å²) in [6.07, 6.45) is 1.28. The van der Waals surface area contributed by atoms with Crippen LogP contribution in [0.5, 0.6) is 0 Å². The summed E-state index contributed by atoms with van der Waals surface area (Å²) in [5.74, 6) is 0. The summed E-state index contributed by atoms with van der Waals surface area (Å²) in [7, 11) is -1.85. The van der Waals surface area contributed by atoms with Gasteiger partial charge in [-0.1, -0.05) is 0 Å². The molecule has 1 fully saturated rings. The van der Waals surface area contributed by atoms with Crippen molar-refractivity contribution < 1.29 is 8.42 Å². The summed E-state index contributed by atoms with van der Waals surface area (Å²) in [5.41, 5.74) is 0. The summed E-state index contributed by atoms with van der Waals surface area (Å²) in [6, 6.07) is 0. The van der Waals surface area contributed by atoms with E-state index < -0.39 is 10.0 Å². The molecule has 8 heteroatoms. The van der Waals surface area contributed by atoms with Crippen molar-refractivity contribution in [1.29, 1.82) is 0 Å². The predicted molar refractivity (Wildman–Crippen MR) is 52.6 cm³/mol. The van der Waals surface area contributed by atoms with E-state index in [1.165, 1.54) is 15.3 Å². The second-order valence-corrected chi connectivity index (χ2v) is 5.21. The monoisotopic (exact) mass is 231 g/mol. The Balaban J connectivity index is 2.26. The highest BCUT2D eigenvalue weighted by atomic mass is 32.2. The van der Waals surface area contributed by atoms with Gasteiger partial charge in [0, 0.05) is 33.2 Å². The molecule has 0 aliphatic carbocycles. The topological polar surface area (TPSA) is 80.1 Å². The van der Waals surface area contributed by atoms with Crippen LogP contribution in [0.25, 0.3) is 0 Å². The fourth-order valence-electron chi connectivity index (χ4n) is 1.46. The Hall–Kier alpha value is -0.990. The number of rotatable bonds is 2. The normalized spacial score (nSPS) is 19.3. The highest BCUT2D eigenvalue weighted by Gasteiger charge is 2.28. The standard InChI is InChI=1S/C7H13N5O2S/c1-11-9-6-7(10-11)15(13,14)12-4-2-8-3-5-12/h6,8H,2-5H2,1H3. The molecule has 0 radical (unpaired) electrons. The molecule has 84 valence electrons. The van der Waals surface area contributed by atoms with Crippen LogP contribution in [0, 0.1) is 0 Å². The number of piperazine rings is 1. The van der Waals surface area contributed by atoms with E-state index in [0.717, 1.165) is 0 Å². The molecule has 7 nitrogen and oxygen atoms in total. The number of hydrogen-bond acceptors (Lipinski definition) is 5. The van der Waals surface area contributed by atoms with E-state index in [4.69, 9.17) is 0 Å². The Morgan fingerprint density at radius 1 is 1.40 bits per heavy atom. The third-order valence-corrected chi connectivity index (χ3v) is 4.02. The minimum Gasteiger partial charge on any atom is -0.314 e. The molecule has 0 atom stereocenters. The van der Waals surface area contributed by atoms with Gasteiger partial charge in [0.1, 0.15) is 0 Å². The highest BCUT2D eigenvalue weighted by Crippen LogP contribution is 2.11. The van der Waals surface area contributed by atoms with Crippen LogP contribution in [0.4, 0.5) is 0 Å². The molecule has 0 spiro atoms. The van der Waals surface area contributed by atoms with Crippen molar-refractivity contribution in [1.82, 2.24) is 24.6 Å². The van der Waals surface area contributed by atoms with Crippen LogP contribution >= 0.6 is 0 Å². The molecule has 0 aromatic carbocycles. The third-order valence-electron chi connectivity index (χ3n) is 2.26. The van der Waals surface area contributed by atoms with E-state index in [9.17, 15) is 8.42 Å². The van der Waals surface area contributed by atoms with Crippen molar-refractivity contribution in [2.24, 2.45) is 7.05 Å². The average molecular weight is 231 g/mol. The summed E-state index contributed by atoms with van der Waals surface area (Å²) >= 11 is 0. The first-order chi connectivity index (χ1) is 7.10. The molecule has 1 aliphatic heterocycles. The quantitative estimate of drug-likeness (QED) is 0.663. The second-order valence-electron chi connectivity index (χ2n) is 3.33. The van der Waals surface area contributed by atoms with Gasteiger partial charge in [-0.05, 0) is 0 Å². The van der Waals surface area contributed by atoms with Crippen LogP contribution in [0.3, 0.4) is 0 Å². The Morgan fingerprint density at radius 3 is 2.60 bits per heavy atom. The lowest BCUT2D eigenvalue weighted by atomic mass is 10.4. The summed E-state index contributed by atoms with van der Waals surface area (Å²) in [5, 5.41) is 10.7. The maximum absolute atomic E-state index is 12.0. The van der Waals surface area contributed by atoms with Crippen molar-refractivity contribution in [2.45, 2.75) is 5.03 Å². The Labute approximate surface area is 88.1 Å². The van der Waals surface area contributed by atoms with Gasteiger partial charge in [-0.15, -0.1) is 5.10 Å². The Bertz CT molecular complexity index is 434. The molecule has 1 saturated heterocycles. The van der Waals surface area contributed by atoms with Gasteiger partial charge in [-0.2, -0.15) is 14.2 Å². The molecule has 2 rings (SSSR count).